The van der Waals surface area contributed by atoms with Gasteiger partial charge in [-0.25, -0.2) is 0 Å². The van der Waals surface area contributed by atoms with E-state index in [0.29, 0.717) is 11.3 Å². The van der Waals surface area contributed by atoms with Crippen molar-refractivity contribution in [1.29, 1.82) is 0 Å². The van der Waals surface area contributed by atoms with Crippen molar-refractivity contribution < 1.29 is 4.42 Å². The highest BCUT2D eigenvalue weighted by Gasteiger charge is 1.98. The minimum Gasteiger partial charge on any atom is -0.448 e. The predicted octanol–water partition coefficient (Wildman–Crippen LogP) is 2.02. The van der Waals surface area contributed by atoms with E-state index in [1.807, 2.05) is 6.07 Å². The SMILES string of the molecule is CC(C)NCCNCc1ccc(Cl)o1. The van der Waals surface area contributed by atoms with Gasteiger partial charge in [0.25, 0.3) is 0 Å². The second-order valence-corrected chi connectivity index (χ2v) is 3.86. The number of nitrogens with one attached hydrogen (secondary N) is 2. The summed E-state index contributed by atoms with van der Waals surface area (Å²) in [7, 11) is 0. The minimum absolute atomic E-state index is 0.446. The zero-order chi connectivity index (χ0) is 10.4. The second-order valence-electron chi connectivity index (χ2n) is 3.49. The van der Waals surface area contributed by atoms with Crippen LogP contribution in [0.5, 0.6) is 0 Å². The molecule has 0 saturated heterocycles. The molecule has 0 aliphatic rings. The lowest BCUT2D eigenvalue weighted by molar-refractivity contribution is 0.477. The molecule has 0 radical (unpaired) electrons. The maximum Gasteiger partial charge on any atom is 0.193 e. The van der Waals surface area contributed by atoms with Crippen molar-refractivity contribution >= 4 is 11.6 Å². The van der Waals surface area contributed by atoms with Crippen molar-refractivity contribution in [2.24, 2.45) is 0 Å². The van der Waals surface area contributed by atoms with Crippen LogP contribution in [0.4, 0.5) is 0 Å². The van der Waals surface area contributed by atoms with Gasteiger partial charge in [0.2, 0.25) is 0 Å². The van der Waals surface area contributed by atoms with Gasteiger partial charge < -0.3 is 15.1 Å². The smallest absolute Gasteiger partial charge is 0.193 e. The summed E-state index contributed by atoms with van der Waals surface area (Å²) in [6.07, 6.45) is 0. The Morgan fingerprint density at radius 2 is 2.14 bits per heavy atom. The highest BCUT2D eigenvalue weighted by Crippen LogP contribution is 2.12. The fourth-order valence-electron chi connectivity index (χ4n) is 1.11. The molecule has 3 nitrogen and oxygen atoms in total. The molecular formula is C10H17ClN2O. The molecule has 2 N–H and O–H groups in total. The average Bonchev–Trinajstić information content (AvgIpc) is 2.50. The molecule has 0 amide bonds. The first-order valence-electron chi connectivity index (χ1n) is 4.87. The van der Waals surface area contributed by atoms with E-state index in [2.05, 4.69) is 24.5 Å². The van der Waals surface area contributed by atoms with E-state index in [4.69, 9.17) is 16.0 Å². The van der Waals surface area contributed by atoms with Gasteiger partial charge >= 0.3 is 0 Å². The molecule has 0 aromatic carbocycles. The molecule has 0 unspecified atom stereocenters. The van der Waals surface area contributed by atoms with Crippen LogP contribution in [0, 0.1) is 0 Å². The molecule has 4 heteroatoms. The summed E-state index contributed by atoms with van der Waals surface area (Å²) in [6.45, 7) is 6.88. The number of hydrogen-bond acceptors (Lipinski definition) is 3. The zero-order valence-electron chi connectivity index (χ0n) is 8.64. The fourth-order valence-corrected chi connectivity index (χ4v) is 1.27. The Morgan fingerprint density at radius 1 is 1.36 bits per heavy atom. The van der Waals surface area contributed by atoms with Gasteiger partial charge in [-0.05, 0) is 23.7 Å². The van der Waals surface area contributed by atoms with E-state index < -0.39 is 0 Å². The van der Waals surface area contributed by atoms with E-state index in [1.165, 1.54) is 0 Å². The van der Waals surface area contributed by atoms with Gasteiger partial charge in [-0.3, -0.25) is 0 Å². The first kappa shape index (κ1) is 11.6. The number of furan rings is 1. The molecule has 0 atom stereocenters. The molecular weight excluding hydrogens is 200 g/mol. The predicted molar refractivity (Wildman–Crippen MR) is 58.6 cm³/mol. The van der Waals surface area contributed by atoms with Crippen LogP contribution in [-0.4, -0.2) is 19.1 Å². The maximum atomic E-state index is 5.64. The van der Waals surface area contributed by atoms with Crippen LogP contribution in [0.2, 0.25) is 5.22 Å². The Labute approximate surface area is 89.8 Å². The highest BCUT2D eigenvalue weighted by molar-refractivity contribution is 6.28. The van der Waals surface area contributed by atoms with E-state index in [0.717, 1.165) is 25.4 Å². The molecule has 0 fully saturated rings. The van der Waals surface area contributed by atoms with Crippen molar-refractivity contribution in [2.75, 3.05) is 13.1 Å². The van der Waals surface area contributed by atoms with Crippen LogP contribution in [-0.2, 0) is 6.54 Å². The van der Waals surface area contributed by atoms with E-state index in [9.17, 15) is 0 Å². The molecule has 80 valence electrons. The summed E-state index contributed by atoms with van der Waals surface area (Å²) in [6, 6.07) is 4.17. The lowest BCUT2D eigenvalue weighted by Crippen LogP contribution is -2.31. The van der Waals surface area contributed by atoms with Crippen LogP contribution in [0.1, 0.15) is 19.6 Å². The third kappa shape index (κ3) is 4.65. The van der Waals surface area contributed by atoms with Crippen molar-refractivity contribution in [3.8, 4) is 0 Å². The molecule has 1 aromatic heterocycles. The number of hydrogen-bond donors (Lipinski definition) is 2. The van der Waals surface area contributed by atoms with Gasteiger partial charge in [-0.2, -0.15) is 0 Å². The molecule has 0 bridgehead atoms. The van der Waals surface area contributed by atoms with Crippen molar-refractivity contribution in [3.05, 3.63) is 23.1 Å². The Kier molecular flexibility index (Phi) is 5.01. The quantitative estimate of drug-likeness (QED) is 0.715. The first-order chi connectivity index (χ1) is 6.68. The molecule has 14 heavy (non-hydrogen) atoms. The summed E-state index contributed by atoms with van der Waals surface area (Å²) < 4.78 is 5.19. The van der Waals surface area contributed by atoms with Crippen molar-refractivity contribution in [3.63, 3.8) is 0 Å². The molecule has 1 rings (SSSR count). The molecule has 0 aliphatic heterocycles. The van der Waals surface area contributed by atoms with Gasteiger partial charge in [0.1, 0.15) is 5.76 Å². The van der Waals surface area contributed by atoms with Crippen LogP contribution < -0.4 is 10.6 Å². The van der Waals surface area contributed by atoms with Gasteiger partial charge in [-0.1, -0.05) is 13.8 Å². The Bertz CT molecular complexity index is 260. The maximum absolute atomic E-state index is 5.64. The third-order valence-corrected chi connectivity index (χ3v) is 1.99. The Hall–Kier alpha value is -0.510. The Balaban J connectivity index is 2.04. The van der Waals surface area contributed by atoms with Gasteiger partial charge in [0.05, 0.1) is 6.54 Å². The Morgan fingerprint density at radius 3 is 2.71 bits per heavy atom. The average molecular weight is 217 g/mol. The molecule has 1 aromatic rings. The molecule has 1 heterocycles. The van der Waals surface area contributed by atoms with Crippen LogP contribution in [0.3, 0.4) is 0 Å². The molecule has 0 aliphatic carbocycles. The lowest BCUT2D eigenvalue weighted by Gasteiger charge is -2.07. The first-order valence-corrected chi connectivity index (χ1v) is 5.24. The fraction of sp³-hybridized carbons (Fsp3) is 0.600. The summed E-state index contributed by atoms with van der Waals surface area (Å²) in [5.74, 6) is 0.875. The summed E-state index contributed by atoms with van der Waals surface area (Å²) in [4.78, 5) is 0. The van der Waals surface area contributed by atoms with Crippen molar-refractivity contribution in [2.45, 2.75) is 26.4 Å². The van der Waals surface area contributed by atoms with E-state index in [1.54, 1.807) is 6.07 Å². The molecule has 0 saturated carbocycles. The topological polar surface area (TPSA) is 37.2 Å². The van der Waals surface area contributed by atoms with Gasteiger partial charge in [-0.15, -0.1) is 0 Å². The summed E-state index contributed by atoms with van der Waals surface area (Å²) >= 11 is 5.64. The minimum atomic E-state index is 0.446. The normalized spacial score (nSPS) is 11.1. The lowest BCUT2D eigenvalue weighted by atomic mass is 10.4. The monoisotopic (exact) mass is 216 g/mol. The van der Waals surface area contributed by atoms with Crippen molar-refractivity contribution in [1.82, 2.24) is 10.6 Å². The summed E-state index contributed by atoms with van der Waals surface area (Å²) in [5.41, 5.74) is 0. The van der Waals surface area contributed by atoms with Crippen LogP contribution >= 0.6 is 11.6 Å². The number of rotatable bonds is 6. The van der Waals surface area contributed by atoms with Gasteiger partial charge in [0.15, 0.2) is 5.22 Å². The van der Waals surface area contributed by atoms with Crippen LogP contribution in [0.25, 0.3) is 0 Å². The highest BCUT2D eigenvalue weighted by atomic mass is 35.5. The van der Waals surface area contributed by atoms with E-state index >= 15 is 0 Å². The molecule has 0 spiro atoms. The van der Waals surface area contributed by atoms with Gasteiger partial charge in [0, 0.05) is 19.1 Å². The second kappa shape index (κ2) is 6.06. The summed E-state index contributed by atoms with van der Waals surface area (Å²) in [5, 5.41) is 7.02. The van der Waals surface area contributed by atoms with Crippen LogP contribution in [0.15, 0.2) is 16.5 Å². The number of halogens is 1. The standard InChI is InChI=1S/C10H17ClN2O/c1-8(2)13-6-5-12-7-9-3-4-10(11)14-9/h3-4,8,12-13H,5-7H2,1-2H3. The zero-order valence-corrected chi connectivity index (χ0v) is 9.40. The third-order valence-electron chi connectivity index (χ3n) is 1.78. The largest absolute Gasteiger partial charge is 0.448 e. The van der Waals surface area contributed by atoms with E-state index in [-0.39, 0.29) is 0 Å².